The van der Waals surface area contributed by atoms with Crippen molar-refractivity contribution in [3.05, 3.63) is 48.0 Å². The van der Waals surface area contributed by atoms with Crippen molar-refractivity contribution in [2.75, 3.05) is 17.2 Å². The van der Waals surface area contributed by atoms with E-state index >= 15 is 0 Å². The Balaban J connectivity index is 1.78. The second-order valence-electron chi connectivity index (χ2n) is 5.61. The summed E-state index contributed by atoms with van der Waals surface area (Å²) in [4.78, 5) is 14.4. The van der Waals surface area contributed by atoms with Crippen LogP contribution in [0.5, 0.6) is 0 Å². The summed E-state index contributed by atoms with van der Waals surface area (Å²) < 4.78 is 13.0. The molecule has 0 radical (unpaired) electrons. The molecule has 0 bridgehead atoms. The predicted octanol–water partition coefficient (Wildman–Crippen LogP) is 5.00. The molecule has 0 aliphatic carbocycles. The van der Waals surface area contributed by atoms with Crippen LogP contribution in [0, 0.1) is 12.7 Å². The number of thiazole rings is 1. The van der Waals surface area contributed by atoms with Gasteiger partial charge in [0.25, 0.3) is 0 Å². The van der Waals surface area contributed by atoms with Crippen molar-refractivity contribution < 1.29 is 4.39 Å². The van der Waals surface area contributed by atoms with Gasteiger partial charge < -0.3 is 10.6 Å². The molecule has 0 spiro atoms. The number of aryl methyl sites for hydroxylation is 1. The molecule has 2 aromatic heterocycles. The third-order valence-electron chi connectivity index (χ3n) is 3.59. The van der Waals surface area contributed by atoms with Crippen molar-refractivity contribution in [1.82, 2.24) is 15.0 Å². The second kappa shape index (κ2) is 8.02. The van der Waals surface area contributed by atoms with Gasteiger partial charge in [-0.05, 0) is 43.7 Å². The Kier molecular flexibility index (Phi) is 5.55. The Morgan fingerprint density at radius 3 is 2.68 bits per heavy atom. The molecule has 2 N–H and O–H groups in total. The van der Waals surface area contributed by atoms with Gasteiger partial charge in [-0.1, -0.05) is 24.7 Å². The van der Waals surface area contributed by atoms with E-state index in [-0.39, 0.29) is 5.82 Å². The first kappa shape index (κ1) is 17.3. The standard InChI is InChI=1S/C18H20FN5S/c1-3-4-10-21-18-22-12(2)16(25-18)15-9-11-20-17(24-15)23-14-7-5-13(19)6-8-14/h5-9,11H,3-4,10H2,1-2H3,(H,21,22)(H,20,23,24). The highest BCUT2D eigenvalue weighted by Gasteiger charge is 2.12. The summed E-state index contributed by atoms with van der Waals surface area (Å²) >= 11 is 1.59. The van der Waals surface area contributed by atoms with Gasteiger partial charge in [0.15, 0.2) is 5.13 Å². The van der Waals surface area contributed by atoms with E-state index in [4.69, 9.17) is 0 Å². The number of rotatable bonds is 7. The lowest BCUT2D eigenvalue weighted by atomic mass is 10.3. The number of aromatic nitrogens is 3. The summed E-state index contributed by atoms with van der Waals surface area (Å²) in [5, 5.41) is 7.35. The Labute approximate surface area is 150 Å². The Morgan fingerprint density at radius 2 is 1.92 bits per heavy atom. The minimum Gasteiger partial charge on any atom is -0.361 e. The van der Waals surface area contributed by atoms with E-state index in [9.17, 15) is 4.39 Å². The van der Waals surface area contributed by atoms with Gasteiger partial charge in [-0.25, -0.2) is 19.3 Å². The molecule has 3 rings (SSSR count). The molecule has 2 heterocycles. The van der Waals surface area contributed by atoms with E-state index in [1.807, 2.05) is 13.0 Å². The highest BCUT2D eigenvalue weighted by atomic mass is 32.1. The molecule has 0 unspecified atom stereocenters. The molecule has 0 atom stereocenters. The molecular formula is C18H20FN5S. The Hall–Kier alpha value is -2.54. The van der Waals surface area contributed by atoms with Gasteiger partial charge in [-0.2, -0.15) is 0 Å². The number of benzene rings is 1. The van der Waals surface area contributed by atoms with E-state index in [0.717, 1.165) is 46.5 Å². The van der Waals surface area contributed by atoms with Crippen LogP contribution in [0.4, 0.5) is 21.2 Å². The molecule has 25 heavy (non-hydrogen) atoms. The largest absolute Gasteiger partial charge is 0.361 e. The van der Waals surface area contributed by atoms with Crippen LogP contribution >= 0.6 is 11.3 Å². The number of unbranched alkanes of at least 4 members (excludes halogenated alkanes) is 1. The van der Waals surface area contributed by atoms with Crippen LogP contribution in [0.1, 0.15) is 25.5 Å². The summed E-state index contributed by atoms with van der Waals surface area (Å²) in [5.74, 6) is 0.195. The zero-order valence-electron chi connectivity index (χ0n) is 14.2. The van der Waals surface area contributed by atoms with Gasteiger partial charge in [0.05, 0.1) is 16.3 Å². The van der Waals surface area contributed by atoms with Gasteiger partial charge in [-0.15, -0.1) is 0 Å². The molecule has 130 valence electrons. The molecule has 0 aliphatic rings. The fourth-order valence-corrected chi connectivity index (χ4v) is 3.25. The highest BCUT2D eigenvalue weighted by Crippen LogP contribution is 2.32. The zero-order chi connectivity index (χ0) is 17.6. The van der Waals surface area contributed by atoms with Crippen LogP contribution in [0.3, 0.4) is 0 Å². The normalized spacial score (nSPS) is 10.7. The second-order valence-corrected chi connectivity index (χ2v) is 6.61. The van der Waals surface area contributed by atoms with E-state index in [1.165, 1.54) is 12.1 Å². The molecule has 0 saturated heterocycles. The number of hydrogen-bond acceptors (Lipinski definition) is 6. The predicted molar refractivity (Wildman–Crippen MR) is 101 cm³/mol. The molecule has 3 aromatic rings. The number of halogens is 1. The average molecular weight is 357 g/mol. The van der Waals surface area contributed by atoms with Crippen molar-refractivity contribution in [3.63, 3.8) is 0 Å². The first-order valence-corrected chi connectivity index (χ1v) is 9.04. The Morgan fingerprint density at radius 1 is 1.12 bits per heavy atom. The third kappa shape index (κ3) is 4.51. The first-order valence-electron chi connectivity index (χ1n) is 8.23. The van der Waals surface area contributed by atoms with Crippen LogP contribution in [0.15, 0.2) is 36.5 Å². The molecule has 0 saturated carbocycles. The van der Waals surface area contributed by atoms with Crippen molar-refractivity contribution in [3.8, 4) is 10.6 Å². The minimum absolute atomic E-state index is 0.274. The summed E-state index contributed by atoms with van der Waals surface area (Å²) in [5.41, 5.74) is 2.50. The summed E-state index contributed by atoms with van der Waals surface area (Å²) in [6.45, 7) is 5.06. The van der Waals surface area contributed by atoms with Crippen LogP contribution in [0.2, 0.25) is 0 Å². The highest BCUT2D eigenvalue weighted by molar-refractivity contribution is 7.19. The lowest BCUT2D eigenvalue weighted by Gasteiger charge is -2.06. The van der Waals surface area contributed by atoms with Crippen molar-refractivity contribution in [2.24, 2.45) is 0 Å². The van der Waals surface area contributed by atoms with E-state index in [2.05, 4.69) is 32.5 Å². The number of nitrogens with one attached hydrogen (secondary N) is 2. The number of nitrogens with zero attached hydrogens (tertiary/aromatic N) is 3. The van der Waals surface area contributed by atoms with Crippen molar-refractivity contribution in [2.45, 2.75) is 26.7 Å². The van der Waals surface area contributed by atoms with Crippen LogP contribution < -0.4 is 10.6 Å². The zero-order valence-corrected chi connectivity index (χ0v) is 15.0. The topological polar surface area (TPSA) is 62.7 Å². The quantitative estimate of drug-likeness (QED) is 0.582. The maximum absolute atomic E-state index is 13.0. The molecule has 5 nitrogen and oxygen atoms in total. The van der Waals surface area contributed by atoms with Crippen LogP contribution in [-0.4, -0.2) is 21.5 Å². The van der Waals surface area contributed by atoms with Crippen molar-refractivity contribution in [1.29, 1.82) is 0 Å². The number of anilines is 3. The van der Waals surface area contributed by atoms with Gasteiger partial charge in [0, 0.05) is 18.4 Å². The lowest BCUT2D eigenvalue weighted by Crippen LogP contribution is -1.99. The van der Waals surface area contributed by atoms with Crippen LogP contribution in [0.25, 0.3) is 10.6 Å². The van der Waals surface area contributed by atoms with Crippen LogP contribution in [-0.2, 0) is 0 Å². The fourth-order valence-electron chi connectivity index (χ4n) is 2.29. The molecule has 0 amide bonds. The SMILES string of the molecule is CCCCNc1nc(C)c(-c2ccnc(Nc3ccc(F)cc3)n2)s1. The van der Waals surface area contributed by atoms with E-state index < -0.39 is 0 Å². The van der Waals surface area contributed by atoms with Gasteiger partial charge in [-0.3, -0.25) is 0 Å². The maximum Gasteiger partial charge on any atom is 0.227 e. The minimum atomic E-state index is -0.274. The number of hydrogen-bond donors (Lipinski definition) is 2. The molecule has 1 aromatic carbocycles. The Bertz CT molecular complexity index is 832. The van der Waals surface area contributed by atoms with Gasteiger partial charge in [0.1, 0.15) is 5.82 Å². The molecule has 0 fully saturated rings. The molecule has 0 aliphatic heterocycles. The first-order chi connectivity index (χ1) is 12.2. The monoisotopic (exact) mass is 357 g/mol. The fraction of sp³-hybridized carbons (Fsp3) is 0.278. The molecular weight excluding hydrogens is 337 g/mol. The average Bonchev–Trinajstić information content (AvgIpc) is 2.98. The smallest absolute Gasteiger partial charge is 0.227 e. The lowest BCUT2D eigenvalue weighted by molar-refractivity contribution is 0.628. The van der Waals surface area contributed by atoms with Gasteiger partial charge >= 0.3 is 0 Å². The van der Waals surface area contributed by atoms with Crippen molar-refractivity contribution >= 4 is 28.1 Å². The van der Waals surface area contributed by atoms with E-state index in [0.29, 0.717) is 5.95 Å². The summed E-state index contributed by atoms with van der Waals surface area (Å²) in [7, 11) is 0. The summed E-state index contributed by atoms with van der Waals surface area (Å²) in [6.07, 6.45) is 3.97. The maximum atomic E-state index is 13.0. The van der Waals surface area contributed by atoms with E-state index in [1.54, 1.807) is 29.7 Å². The summed E-state index contributed by atoms with van der Waals surface area (Å²) in [6, 6.07) is 7.96. The third-order valence-corrected chi connectivity index (χ3v) is 4.73. The van der Waals surface area contributed by atoms with Gasteiger partial charge in [0.2, 0.25) is 5.95 Å². The molecule has 7 heteroatoms.